The van der Waals surface area contributed by atoms with Crippen LogP contribution in [-0.2, 0) is 22.6 Å². The van der Waals surface area contributed by atoms with Crippen molar-refractivity contribution in [1.82, 2.24) is 0 Å². The number of aliphatic hydroxyl groups excluding tert-OH is 1. The lowest BCUT2D eigenvalue weighted by molar-refractivity contribution is -0.131. The summed E-state index contributed by atoms with van der Waals surface area (Å²) in [6.07, 6.45) is 29.5. The first-order valence-corrected chi connectivity index (χ1v) is 52.5. The number of benzene rings is 2. The summed E-state index contributed by atoms with van der Waals surface area (Å²) in [5, 5.41) is 32.5. The van der Waals surface area contributed by atoms with Gasteiger partial charge in [0, 0.05) is 42.0 Å². The molecule has 590 valence electrons. The number of aliphatic hydroxyl groups is 3. The van der Waals surface area contributed by atoms with Crippen LogP contribution in [0.5, 0.6) is 0 Å². The Morgan fingerprint density at radius 2 is 0.971 bits per heavy atom. The van der Waals surface area contributed by atoms with Crippen molar-refractivity contribution >= 4 is 48.5 Å². The molecule has 2 aromatic rings. The summed E-state index contributed by atoms with van der Waals surface area (Å²) in [5.74, 6) is 2.64. The molecular weight excluding hydrogens is 1360 g/mol. The monoisotopic (exact) mass is 1510 g/mol. The normalized spacial score (nSPS) is 27.7. The molecule has 0 aliphatic heterocycles. The molecule has 6 aliphatic carbocycles. The fourth-order valence-electron chi connectivity index (χ4n) is 20.2. The van der Waals surface area contributed by atoms with E-state index in [2.05, 4.69) is 154 Å². The maximum absolute atomic E-state index is 14.9. The topological polar surface area (TPSA) is 123 Å². The number of carbonyl (C=O) groups excluding carboxylic acids is 1. The number of Topliss-reactive ketones (excluding diaryl/α,β-unsaturated/α-hetero) is 1. The van der Waals surface area contributed by atoms with Gasteiger partial charge in [-0.25, -0.2) is 8.78 Å². The molecule has 0 heterocycles. The number of carbonyl (C=O) groups is 1. The Kier molecular flexibility index (Phi) is 31.0. The van der Waals surface area contributed by atoms with Crippen LogP contribution in [0.25, 0.3) is 0 Å². The minimum absolute atomic E-state index is 0.0541. The van der Waals surface area contributed by atoms with E-state index in [1.807, 2.05) is 94.4 Å². The van der Waals surface area contributed by atoms with Gasteiger partial charge in [0.2, 0.25) is 0 Å². The predicted molar refractivity (Wildman–Crippen MR) is 446 cm³/mol. The Morgan fingerprint density at radius 3 is 1.41 bits per heavy atom. The van der Waals surface area contributed by atoms with Gasteiger partial charge >= 0.3 is 0 Å². The van der Waals surface area contributed by atoms with Crippen LogP contribution in [0.2, 0.25) is 57.4 Å². The molecule has 14 heteroatoms. The number of fused-ring (bicyclic) bond motifs is 2. The zero-order valence-corrected chi connectivity index (χ0v) is 74.1. The Hall–Kier alpha value is -2.69. The Bertz CT molecular complexity index is 3170. The summed E-state index contributed by atoms with van der Waals surface area (Å²) < 4.78 is 63.2. The summed E-state index contributed by atoms with van der Waals surface area (Å²) in [6, 6.07) is 19.2. The van der Waals surface area contributed by atoms with E-state index in [-0.39, 0.29) is 50.4 Å². The second-order valence-electron chi connectivity index (χ2n) is 40.6. The number of hydrogen-bond donors (Lipinski definition) is 3. The minimum atomic E-state index is -2.90. The first kappa shape index (κ1) is 90.2. The number of hydrogen-bond acceptors (Lipinski definition) is 8. The van der Waals surface area contributed by atoms with Gasteiger partial charge in [0.05, 0.1) is 34.6 Å². The number of halogens is 2. The maximum Gasteiger partial charge on any atom is 0.192 e. The van der Waals surface area contributed by atoms with Crippen LogP contribution in [0.4, 0.5) is 8.78 Å². The molecule has 8 nitrogen and oxygen atoms in total. The van der Waals surface area contributed by atoms with Crippen molar-refractivity contribution in [2.45, 2.75) is 375 Å². The predicted octanol–water partition coefficient (Wildman–Crippen LogP) is 24.4. The number of allylic oxidation sites excluding steroid dienone is 6. The fourth-order valence-corrected chi connectivity index (χ4v) is 27.5. The van der Waals surface area contributed by atoms with E-state index in [0.717, 1.165) is 98.8 Å². The Labute approximate surface area is 638 Å². The highest BCUT2D eigenvalue weighted by Gasteiger charge is 2.57. The van der Waals surface area contributed by atoms with Gasteiger partial charge in [-0.1, -0.05) is 172 Å². The van der Waals surface area contributed by atoms with Crippen LogP contribution < -0.4 is 10.6 Å². The number of rotatable bonds is 29. The molecule has 6 fully saturated rings. The van der Waals surface area contributed by atoms with Crippen molar-refractivity contribution in [3.05, 3.63) is 120 Å². The standard InChI is InChI=1S/C33H55FO3.C30H60O3Si2.C27H36FO2PSi/c1-23-25(21-26(35)22-28(23)34)13-12-24-11-8-20-33(7)27(24)14-15-29(33)32(6,18-9-16-30(2,3)36)19-10-17-31(4,5)37;1-27(2,32-34(7,8)9)19-14-21-29(5,22-15-20-28(3,4)33-35(10,11)12)26-18-17-24-25(31)16-13-23-30(24,26)6;1-21-22(19-23(20-26(21)28)30-32(5,6)27(2,3)4)17-18-31(29,24-13-9-7-10-14-24)25-15-11-8-12-16-25/h12-13,26-29,35-37H,1,8-11,14-22H2,2-7H3;24,26H,13-23H2,1-12H3;7-17,23,26H,1,18-20H2,2-6H3/b24-12+,25-13-;;22-17-/t26?,27?,28-,29?,33-;24?,26?,30-;23?,26-/m000/s1. The van der Waals surface area contributed by atoms with Gasteiger partial charge in [0.25, 0.3) is 0 Å². The lowest BCUT2D eigenvalue weighted by Crippen LogP contribution is -2.45. The molecule has 0 amide bonds. The van der Waals surface area contributed by atoms with Gasteiger partial charge in [-0.05, 0) is 297 Å². The number of ketones is 1. The third-order valence-electron chi connectivity index (χ3n) is 25.9. The summed E-state index contributed by atoms with van der Waals surface area (Å²) in [4.78, 5) is 12.9. The molecule has 0 bridgehead atoms. The van der Waals surface area contributed by atoms with Crippen LogP contribution in [0, 0.1) is 45.3 Å². The Morgan fingerprint density at radius 1 is 0.558 bits per heavy atom. The Balaban J connectivity index is 0.000000245. The number of alkyl halides is 2. The van der Waals surface area contributed by atoms with Crippen LogP contribution >= 0.6 is 7.14 Å². The molecule has 0 radical (unpaired) electrons. The molecule has 6 aliphatic rings. The molecule has 3 N–H and O–H groups in total. The van der Waals surface area contributed by atoms with E-state index in [9.17, 15) is 33.5 Å². The molecule has 10 atom stereocenters. The molecule has 0 saturated heterocycles. The van der Waals surface area contributed by atoms with Gasteiger partial charge in [-0.15, -0.1) is 0 Å². The third kappa shape index (κ3) is 25.4. The van der Waals surface area contributed by atoms with Gasteiger partial charge in [-0.2, -0.15) is 0 Å². The second kappa shape index (κ2) is 35.8. The van der Waals surface area contributed by atoms with Gasteiger partial charge in [0.15, 0.2) is 25.0 Å². The average Bonchev–Trinajstić information content (AvgIpc) is 1.57. The first-order chi connectivity index (χ1) is 47.7. The molecule has 6 unspecified atom stereocenters. The van der Waals surface area contributed by atoms with Gasteiger partial charge in [-0.3, -0.25) is 4.79 Å². The third-order valence-corrected chi connectivity index (χ3v) is 35.8. The van der Waals surface area contributed by atoms with Crippen molar-refractivity contribution in [1.29, 1.82) is 0 Å². The summed E-state index contributed by atoms with van der Waals surface area (Å²) in [6.45, 7) is 59.5. The average molecular weight is 1510 g/mol. The van der Waals surface area contributed by atoms with E-state index in [1.165, 1.54) is 69.8 Å². The van der Waals surface area contributed by atoms with Gasteiger partial charge in [0.1, 0.15) is 25.3 Å². The highest BCUT2D eigenvalue weighted by Crippen LogP contribution is 2.65. The van der Waals surface area contributed by atoms with Gasteiger partial charge < -0.3 is 33.2 Å². The molecule has 0 spiro atoms. The van der Waals surface area contributed by atoms with E-state index in [4.69, 9.17) is 13.3 Å². The van der Waals surface area contributed by atoms with E-state index >= 15 is 0 Å². The maximum atomic E-state index is 14.9. The zero-order valence-electron chi connectivity index (χ0n) is 70.2. The molecular formula is C90H151F2O8PSi3. The molecule has 2 aromatic carbocycles. The highest BCUT2D eigenvalue weighted by molar-refractivity contribution is 7.78. The van der Waals surface area contributed by atoms with Crippen molar-refractivity contribution in [3.63, 3.8) is 0 Å². The molecule has 6 saturated carbocycles. The summed E-state index contributed by atoms with van der Waals surface area (Å²) in [7, 11) is -8.05. The first-order valence-electron chi connectivity index (χ1n) is 40.9. The fraction of sp³-hybridized carbons (Fsp3) is 0.744. The largest absolute Gasteiger partial charge is 0.413 e. The van der Waals surface area contributed by atoms with Crippen LogP contribution in [-0.4, -0.2) is 99.2 Å². The van der Waals surface area contributed by atoms with E-state index in [0.29, 0.717) is 66.0 Å². The van der Waals surface area contributed by atoms with E-state index in [1.54, 1.807) is 0 Å². The zero-order chi connectivity index (χ0) is 78.1. The van der Waals surface area contributed by atoms with Crippen molar-refractivity contribution in [3.8, 4) is 0 Å². The summed E-state index contributed by atoms with van der Waals surface area (Å²) in [5.41, 5.74) is 3.72. The van der Waals surface area contributed by atoms with Crippen molar-refractivity contribution < 1.29 is 46.7 Å². The lowest BCUT2D eigenvalue weighted by atomic mass is 9.55. The quantitative estimate of drug-likeness (QED) is 0.0544. The van der Waals surface area contributed by atoms with Crippen LogP contribution in [0.3, 0.4) is 0 Å². The molecule has 0 aromatic heterocycles. The lowest BCUT2D eigenvalue weighted by Gasteiger charge is -2.50. The second-order valence-corrected chi connectivity index (χ2v) is 57.1. The van der Waals surface area contributed by atoms with Crippen molar-refractivity contribution in [2.24, 2.45) is 45.3 Å². The van der Waals surface area contributed by atoms with Crippen molar-refractivity contribution in [2.75, 3.05) is 6.16 Å². The molecule has 104 heavy (non-hydrogen) atoms. The van der Waals surface area contributed by atoms with Crippen LogP contribution in [0.1, 0.15) is 271 Å². The summed E-state index contributed by atoms with van der Waals surface area (Å²) >= 11 is 0. The van der Waals surface area contributed by atoms with E-state index < -0.39 is 61.7 Å². The molecule has 8 rings (SSSR count). The smallest absolute Gasteiger partial charge is 0.192 e. The van der Waals surface area contributed by atoms with Crippen LogP contribution in [0.15, 0.2) is 120 Å². The SMILES string of the molecule is C=C1/C(=C\C=C2/CCC[C@@]3(C)C2CCC3C(C)(CCCC(C)(C)O)CCCC(C)(C)O)CC(O)C[C@@H]1F.C=C1/C(=C\CP(=O)(c2ccccc2)c2ccccc2)CC(O[Si](C)(C)C(C)(C)C)C[C@@H]1F.CC(C)(CCCC(C)(CCCC(C)(C)O[Si](C)(C)C)C1CCC2C(=O)CCC[C@@]21C)O[Si](C)(C)C. The minimum Gasteiger partial charge on any atom is -0.413 e. The highest BCUT2D eigenvalue weighted by atomic mass is 31.2.